The number of hydrogen-bond donors (Lipinski definition) is 4. The first kappa shape index (κ1) is 19.8. The monoisotopic (exact) mass is 392 g/mol. The second-order valence-electron chi connectivity index (χ2n) is 6.45. The average molecular weight is 392 g/mol. The third kappa shape index (κ3) is 4.67. The highest BCUT2D eigenvalue weighted by molar-refractivity contribution is 6.07. The Morgan fingerprint density at radius 2 is 1.66 bits per heavy atom. The molecule has 0 atom stereocenters. The molecule has 0 saturated heterocycles. The molecular weight excluding hydrogens is 372 g/mol. The van der Waals surface area contributed by atoms with E-state index in [1.54, 1.807) is 36.4 Å². The van der Waals surface area contributed by atoms with Gasteiger partial charge in [-0.25, -0.2) is 4.98 Å². The number of anilines is 1. The van der Waals surface area contributed by atoms with Crippen LogP contribution in [-0.2, 0) is 17.6 Å². The standard InChI is InChI=1S/C21H20N4O4/c1-2-12-3-9-15(10-4-12)21(29)25-20-17(18(22)28)23-19(24-20)14-7-5-13(6-8-14)11-16(26)27/h3-10H,2,11H2,1H3,(H2,22,28)(H,23,24)(H,25,29)(H,26,27). The largest absolute Gasteiger partial charge is 0.481 e. The van der Waals surface area contributed by atoms with Crippen LogP contribution in [0.25, 0.3) is 11.4 Å². The highest BCUT2D eigenvalue weighted by Gasteiger charge is 2.19. The average Bonchev–Trinajstić information content (AvgIpc) is 3.12. The summed E-state index contributed by atoms with van der Waals surface area (Å²) in [4.78, 5) is 42.2. The van der Waals surface area contributed by atoms with Crippen molar-refractivity contribution in [1.82, 2.24) is 9.97 Å². The number of aromatic amines is 1. The van der Waals surface area contributed by atoms with Crippen molar-refractivity contribution >= 4 is 23.6 Å². The molecule has 0 aliphatic carbocycles. The molecule has 2 amide bonds. The molecule has 0 fully saturated rings. The van der Waals surface area contributed by atoms with Crippen LogP contribution in [0.4, 0.5) is 5.82 Å². The fourth-order valence-electron chi connectivity index (χ4n) is 2.81. The lowest BCUT2D eigenvalue weighted by Gasteiger charge is -2.04. The molecule has 0 bridgehead atoms. The molecular formula is C21H20N4O4. The number of carbonyl (C=O) groups excluding carboxylic acids is 2. The minimum Gasteiger partial charge on any atom is -0.481 e. The van der Waals surface area contributed by atoms with Gasteiger partial charge in [-0.1, -0.05) is 43.3 Å². The van der Waals surface area contributed by atoms with E-state index < -0.39 is 17.8 Å². The van der Waals surface area contributed by atoms with Crippen LogP contribution in [-0.4, -0.2) is 32.9 Å². The lowest BCUT2D eigenvalue weighted by Crippen LogP contribution is -2.18. The molecule has 0 aliphatic heterocycles. The van der Waals surface area contributed by atoms with E-state index >= 15 is 0 Å². The van der Waals surface area contributed by atoms with Gasteiger partial charge >= 0.3 is 5.97 Å². The van der Waals surface area contributed by atoms with Crippen molar-refractivity contribution in [1.29, 1.82) is 0 Å². The van der Waals surface area contributed by atoms with Gasteiger partial charge in [-0.15, -0.1) is 0 Å². The number of amides is 2. The Balaban J connectivity index is 1.85. The first-order valence-corrected chi connectivity index (χ1v) is 8.98. The normalized spacial score (nSPS) is 10.5. The predicted octanol–water partition coefficient (Wildman–Crippen LogP) is 2.62. The zero-order valence-electron chi connectivity index (χ0n) is 15.7. The van der Waals surface area contributed by atoms with Crippen LogP contribution in [0.1, 0.15) is 38.9 Å². The summed E-state index contributed by atoms with van der Waals surface area (Å²) >= 11 is 0. The number of carbonyl (C=O) groups is 3. The Labute approximate surface area is 166 Å². The molecule has 1 heterocycles. The third-order valence-corrected chi connectivity index (χ3v) is 4.39. The summed E-state index contributed by atoms with van der Waals surface area (Å²) in [6.45, 7) is 2.02. The first-order valence-electron chi connectivity index (χ1n) is 8.98. The first-order chi connectivity index (χ1) is 13.9. The molecule has 0 unspecified atom stereocenters. The van der Waals surface area contributed by atoms with Gasteiger partial charge in [-0.3, -0.25) is 14.4 Å². The van der Waals surface area contributed by atoms with Crippen molar-refractivity contribution in [2.75, 3.05) is 5.32 Å². The van der Waals surface area contributed by atoms with Crippen LogP contribution in [0.15, 0.2) is 48.5 Å². The SMILES string of the molecule is CCc1ccc(C(=O)Nc2nc(-c3ccc(CC(=O)O)cc3)[nH]c2C(N)=O)cc1. The molecule has 0 aliphatic rings. The van der Waals surface area contributed by atoms with Crippen molar-refractivity contribution < 1.29 is 19.5 Å². The number of hydrogen-bond acceptors (Lipinski definition) is 4. The molecule has 0 saturated carbocycles. The molecule has 3 aromatic rings. The number of aromatic nitrogens is 2. The maximum absolute atomic E-state index is 12.5. The van der Waals surface area contributed by atoms with E-state index in [2.05, 4.69) is 15.3 Å². The number of carboxylic acids is 1. The van der Waals surface area contributed by atoms with Crippen molar-refractivity contribution in [3.8, 4) is 11.4 Å². The number of aliphatic carboxylic acids is 1. The van der Waals surface area contributed by atoms with Gasteiger partial charge < -0.3 is 21.1 Å². The quantitative estimate of drug-likeness (QED) is 0.490. The van der Waals surface area contributed by atoms with Crippen LogP contribution < -0.4 is 11.1 Å². The van der Waals surface area contributed by atoms with Crippen LogP contribution in [0.2, 0.25) is 0 Å². The molecule has 1 aromatic heterocycles. The number of nitrogens with one attached hydrogen (secondary N) is 2. The van der Waals surface area contributed by atoms with E-state index in [-0.39, 0.29) is 17.9 Å². The number of nitrogens with zero attached hydrogens (tertiary/aromatic N) is 1. The summed E-state index contributed by atoms with van der Waals surface area (Å²) < 4.78 is 0. The van der Waals surface area contributed by atoms with Crippen molar-refractivity contribution in [2.24, 2.45) is 5.73 Å². The van der Waals surface area contributed by atoms with Crippen molar-refractivity contribution in [3.63, 3.8) is 0 Å². The molecule has 0 spiro atoms. The molecule has 5 N–H and O–H groups in total. The summed E-state index contributed by atoms with van der Waals surface area (Å²) in [5.41, 5.74) is 8.18. The van der Waals surface area contributed by atoms with Gasteiger partial charge in [-0.05, 0) is 29.7 Å². The molecule has 8 heteroatoms. The van der Waals surface area contributed by atoms with E-state index in [0.717, 1.165) is 12.0 Å². The minimum atomic E-state index is -0.927. The fourth-order valence-corrected chi connectivity index (χ4v) is 2.81. The third-order valence-electron chi connectivity index (χ3n) is 4.39. The summed E-state index contributed by atoms with van der Waals surface area (Å²) in [6.07, 6.45) is 0.769. The molecule has 0 radical (unpaired) electrons. The minimum absolute atomic E-state index is 0.0202. The molecule has 2 aromatic carbocycles. The Hall–Kier alpha value is -3.94. The maximum atomic E-state index is 12.5. The zero-order chi connectivity index (χ0) is 21.0. The number of primary amides is 1. The Kier molecular flexibility index (Phi) is 5.73. The summed E-state index contributed by atoms with van der Waals surface area (Å²) in [6, 6.07) is 13.8. The van der Waals surface area contributed by atoms with Gasteiger partial charge in [0.1, 0.15) is 11.5 Å². The number of nitrogens with two attached hydrogens (primary N) is 1. The maximum Gasteiger partial charge on any atom is 0.307 e. The molecule has 148 valence electrons. The number of aryl methyl sites for hydroxylation is 1. The summed E-state index contributed by atoms with van der Waals surface area (Å²) in [5.74, 6) is -1.74. The predicted molar refractivity (Wildman–Crippen MR) is 108 cm³/mol. The highest BCUT2D eigenvalue weighted by atomic mass is 16.4. The van der Waals surface area contributed by atoms with E-state index in [1.165, 1.54) is 0 Å². The Morgan fingerprint density at radius 3 is 2.21 bits per heavy atom. The lowest BCUT2D eigenvalue weighted by atomic mass is 10.1. The Bertz CT molecular complexity index is 1050. The fraction of sp³-hybridized carbons (Fsp3) is 0.143. The molecule has 8 nitrogen and oxygen atoms in total. The van der Waals surface area contributed by atoms with Crippen LogP contribution in [0.5, 0.6) is 0 Å². The summed E-state index contributed by atoms with van der Waals surface area (Å²) in [5, 5.41) is 11.5. The number of rotatable bonds is 7. The zero-order valence-corrected chi connectivity index (χ0v) is 15.7. The lowest BCUT2D eigenvalue weighted by molar-refractivity contribution is -0.136. The number of benzene rings is 2. The van der Waals surface area contributed by atoms with E-state index in [0.29, 0.717) is 22.5 Å². The van der Waals surface area contributed by atoms with Gasteiger partial charge in [0, 0.05) is 11.1 Å². The number of imidazole rings is 1. The molecule has 29 heavy (non-hydrogen) atoms. The van der Waals surface area contributed by atoms with Gasteiger partial charge in [0.05, 0.1) is 6.42 Å². The second kappa shape index (κ2) is 8.39. The second-order valence-corrected chi connectivity index (χ2v) is 6.45. The van der Waals surface area contributed by atoms with Gasteiger partial charge in [-0.2, -0.15) is 0 Å². The van der Waals surface area contributed by atoms with Crippen LogP contribution >= 0.6 is 0 Å². The topological polar surface area (TPSA) is 138 Å². The van der Waals surface area contributed by atoms with Crippen molar-refractivity contribution in [3.05, 3.63) is 70.9 Å². The highest BCUT2D eigenvalue weighted by Crippen LogP contribution is 2.22. The van der Waals surface area contributed by atoms with Crippen LogP contribution in [0.3, 0.4) is 0 Å². The van der Waals surface area contributed by atoms with E-state index in [4.69, 9.17) is 10.8 Å². The Morgan fingerprint density at radius 1 is 1.03 bits per heavy atom. The van der Waals surface area contributed by atoms with Crippen molar-refractivity contribution in [2.45, 2.75) is 19.8 Å². The number of carboxylic acid groups (broad SMARTS) is 1. The molecule has 3 rings (SSSR count). The number of H-pyrrole nitrogens is 1. The van der Waals surface area contributed by atoms with Gasteiger partial charge in [0.15, 0.2) is 5.82 Å². The van der Waals surface area contributed by atoms with Gasteiger partial charge in [0.25, 0.3) is 11.8 Å². The van der Waals surface area contributed by atoms with Crippen LogP contribution in [0, 0.1) is 0 Å². The van der Waals surface area contributed by atoms with E-state index in [9.17, 15) is 14.4 Å². The van der Waals surface area contributed by atoms with E-state index in [1.807, 2.05) is 19.1 Å². The summed E-state index contributed by atoms with van der Waals surface area (Å²) in [7, 11) is 0. The van der Waals surface area contributed by atoms with Gasteiger partial charge in [0.2, 0.25) is 0 Å². The smallest absolute Gasteiger partial charge is 0.307 e.